The lowest BCUT2D eigenvalue weighted by atomic mass is 9.90. The minimum atomic E-state index is -0.384. The Kier molecular flexibility index (Phi) is 3.47. The normalized spacial score (nSPS) is 18.8. The number of fused-ring (bicyclic) bond motifs is 1. The van der Waals surface area contributed by atoms with E-state index in [0.717, 1.165) is 24.1 Å². The van der Waals surface area contributed by atoms with Crippen molar-refractivity contribution in [3.8, 4) is 0 Å². The maximum Gasteiger partial charge on any atom is 0.266 e. The molecular weight excluding hydrogens is 242 g/mol. The minimum absolute atomic E-state index is 0.0535. The lowest BCUT2D eigenvalue weighted by Gasteiger charge is -2.28. The highest BCUT2D eigenvalue weighted by Gasteiger charge is 2.27. The largest absolute Gasteiger partial charge is 0.353 e. The van der Waals surface area contributed by atoms with Gasteiger partial charge >= 0.3 is 0 Å². The predicted octanol–water partition coefficient (Wildman–Crippen LogP) is 0.800. The molecule has 1 heterocycles. The summed E-state index contributed by atoms with van der Waals surface area (Å²) < 4.78 is 1.37. The van der Waals surface area contributed by atoms with Crippen molar-refractivity contribution in [3.05, 3.63) is 27.7 Å². The van der Waals surface area contributed by atoms with Crippen molar-refractivity contribution in [2.24, 2.45) is 12.5 Å². The van der Waals surface area contributed by atoms with Crippen molar-refractivity contribution < 1.29 is 4.79 Å². The number of aromatic nitrogens is 2. The Morgan fingerprint density at radius 2 is 2.16 bits per heavy atom. The second-order valence-electron chi connectivity index (χ2n) is 6.24. The monoisotopic (exact) mass is 263 g/mol. The van der Waals surface area contributed by atoms with Crippen LogP contribution in [-0.4, -0.2) is 21.7 Å². The molecule has 19 heavy (non-hydrogen) atoms. The van der Waals surface area contributed by atoms with Gasteiger partial charge in [-0.15, -0.1) is 0 Å². The molecule has 0 radical (unpaired) electrons. The summed E-state index contributed by atoms with van der Waals surface area (Å²) in [5.74, 6) is 0.0535. The Morgan fingerprint density at radius 1 is 1.47 bits per heavy atom. The minimum Gasteiger partial charge on any atom is -0.353 e. The zero-order valence-electron chi connectivity index (χ0n) is 12.0. The zero-order valence-corrected chi connectivity index (χ0v) is 12.0. The van der Waals surface area contributed by atoms with Crippen molar-refractivity contribution in [3.63, 3.8) is 0 Å². The molecule has 0 fully saturated rings. The third kappa shape index (κ3) is 3.03. The van der Waals surface area contributed by atoms with Crippen LogP contribution in [0.5, 0.6) is 0 Å². The molecule has 0 saturated carbocycles. The molecule has 0 saturated heterocycles. The van der Waals surface area contributed by atoms with Crippen LogP contribution in [0.25, 0.3) is 0 Å². The number of hydrogen-bond acceptors (Lipinski definition) is 3. The van der Waals surface area contributed by atoms with Gasteiger partial charge in [0.1, 0.15) is 0 Å². The highest BCUT2D eigenvalue weighted by molar-refractivity contribution is 5.81. The van der Waals surface area contributed by atoms with Gasteiger partial charge in [0.25, 0.3) is 5.56 Å². The van der Waals surface area contributed by atoms with E-state index in [2.05, 4.69) is 10.4 Å². The van der Waals surface area contributed by atoms with E-state index < -0.39 is 0 Å². The lowest BCUT2D eigenvalue weighted by Crippen LogP contribution is -2.44. The van der Waals surface area contributed by atoms with Crippen molar-refractivity contribution in [1.29, 1.82) is 0 Å². The molecule has 5 heteroatoms. The average molecular weight is 263 g/mol. The zero-order chi connectivity index (χ0) is 14.2. The molecule has 0 bridgehead atoms. The van der Waals surface area contributed by atoms with Gasteiger partial charge in [-0.3, -0.25) is 9.59 Å². The van der Waals surface area contributed by atoms with Gasteiger partial charge in [0.15, 0.2) is 0 Å². The van der Waals surface area contributed by atoms with Crippen molar-refractivity contribution in [1.82, 2.24) is 15.1 Å². The molecule has 1 aliphatic rings. The number of aryl methyl sites for hydroxylation is 2. The Balaban J connectivity index is 2.12. The van der Waals surface area contributed by atoms with Gasteiger partial charge in [0.05, 0.1) is 5.69 Å². The first kappa shape index (κ1) is 13.8. The fourth-order valence-corrected chi connectivity index (χ4v) is 2.21. The fourth-order valence-electron chi connectivity index (χ4n) is 2.21. The molecule has 1 amide bonds. The van der Waals surface area contributed by atoms with Gasteiger partial charge in [0, 0.05) is 24.6 Å². The summed E-state index contributed by atoms with van der Waals surface area (Å²) in [7, 11) is 1.66. The molecule has 0 aliphatic heterocycles. The fraction of sp³-hybridized carbons (Fsp3) is 0.643. The molecule has 0 spiro atoms. The topological polar surface area (TPSA) is 64.0 Å². The van der Waals surface area contributed by atoms with E-state index in [0.29, 0.717) is 6.42 Å². The first-order chi connectivity index (χ1) is 8.77. The van der Waals surface area contributed by atoms with Gasteiger partial charge < -0.3 is 5.32 Å². The van der Waals surface area contributed by atoms with Crippen LogP contribution >= 0.6 is 0 Å². The molecule has 1 aromatic rings. The number of carbonyl (C=O) groups excluding carboxylic acids is 1. The second kappa shape index (κ2) is 4.79. The summed E-state index contributed by atoms with van der Waals surface area (Å²) in [4.78, 5) is 23.6. The molecule has 5 nitrogen and oxygen atoms in total. The van der Waals surface area contributed by atoms with Crippen LogP contribution in [0, 0.1) is 5.41 Å². The van der Waals surface area contributed by atoms with Crippen LogP contribution < -0.4 is 10.9 Å². The van der Waals surface area contributed by atoms with E-state index in [-0.39, 0.29) is 22.9 Å². The molecule has 0 aromatic carbocycles. The molecule has 1 aliphatic carbocycles. The quantitative estimate of drug-likeness (QED) is 0.815. The van der Waals surface area contributed by atoms with Gasteiger partial charge in [-0.05, 0) is 24.8 Å². The molecule has 1 aromatic heterocycles. The first-order valence-electron chi connectivity index (χ1n) is 6.64. The van der Waals surface area contributed by atoms with E-state index in [9.17, 15) is 9.59 Å². The van der Waals surface area contributed by atoms with Crippen LogP contribution in [0.2, 0.25) is 0 Å². The summed E-state index contributed by atoms with van der Waals surface area (Å²) >= 11 is 0. The highest BCUT2D eigenvalue weighted by Crippen LogP contribution is 2.20. The lowest BCUT2D eigenvalue weighted by molar-refractivity contribution is -0.129. The Hall–Kier alpha value is -1.65. The number of rotatable bonds is 1. The maximum absolute atomic E-state index is 12.0. The molecule has 2 rings (SSSR count). The summed E-state index contributed by atoms with van der Waals surface area (Å²) in [5.41, 5.74) is 1.46. The second-order valence-corrected chi connectivity index (χ2v) is 6.24. The van der Waals surface area contributed by atoms with Gasteiger partial charge in [-0.1, -0.05) is 20.8 Å². The predicted molar refractivity (Wildman–Crippen MR) is 72.9 cm³/mol. The summed E-state index contributed by atoms with van der Waals surface area (Å²) in [6, 6.07) is 1.74. The van der Waals surface area contributed by atoms with Gasteiger partial charge in [-0.25, -0.2) is 4.68 Å². The smallest absolute Gasteiger partial charge is 0.266 e. The van der Waals surface area contributed by atoms with Crippen molar-refractivity contribution >= 4 is 5.91 Å². The van der Waals surface area contributed by atoms with E-state index >= 15 is 0 Å². The number of carbonyl (C=O) groups is 1. The summed E-state index contributed by atoms with van der Waals surface area (Å²) in [6.07, 6.45) is 2.37. The number of hydrogen-bond donors (Lipinski definition) is 1. The van der Waals surface area contributed by atoms with Crippen molar-refractivity contribution in [2.45, 2.75) is 46.1 Å². The van der Waals surface area contributed by atoms with E-state index in [4.69, 9.17) is 0 Å². The van der Waals surface area contributed by atoms with Gasteiger partial charge in [-0.2, -0.15) is 5.10 Å². The van der Waals surface area contributed by atoms with Crippen LogP contribution in [0.3, 0.4) is 0 Å². The summed E-state index contributed by atoms with van der Waals surface area (Å²) in [5, 5.41) is 7.33. The molecule has 1 unspecified atom stereocenters. The van der Waals surface area contributed by atoms with Gasteiger partial charge in [0.2, 0.25) is 5.91 Å². The van der Waals surface area contributed by atoms with Crippen LogP contribution in [0.4, 0.5) is 0 Å². The number of nitrogens with one attached hydrogen (secondary N) is 1. The van der Waals surface area contributed by atoms with E-state index in [1.165, 1.54) is 4.68 Å². The average Bonchev–Trinajstić information content (AvgIpc) is 2.29. The number of nitrogens with zero attached hydrogens (tertiary/aromatic N) is 2. The third-order valence-corrected chi connectivity index (χ3v) is 3.47. The van der Waals surface area contributed by atoms with Crippen LogP contribution in [0.15, 0.2) is 10.9 Å². The summed E-state index contributed by atoms with van der Waals surface area (Å²) in [6.45, 7) is 5.70. The molecular formula is C14H21N3O2. The first-order valence-corrected chi connectivity index (χ1v) is 6.64. The molecule has 1 atom stereocenters. The Bertz CT molecular complexity index is 555. The Labute approximate surface area is 113 Å². The van der Waals surface area contributed by atoms with E-state index in [1.807, 2.05) is 20.8 Å². The van der Waals surface area contributed by atoms with E-state index in [1.54, 1.807) is 13.1 Å². The number of amides is 1. The SMILES string of the molecule is Cn1nc2c(cc1=O)CC(NC(=O)C(C)(C)C)CC2. The van der Waals surface area contributed by atoms with Crippen LogP contribution in [0.1, 0.15) is 38.4 Å². The standard InChI is InChI=1S/C14H21N3O2/c1-14(2,3)13(19)15-10-5-6-11-9(7-10)8-12(18)17(4)16-11/h8,10H,5-7H2,1-4H3,(H,15,19). The Morgan fingerprint density at radius 3 is 2.79 bits per heavy atom. The van der Waals surface area contributed by atoms with Crippen LogP contribution in [-0.2, 0) is 24.7 Å². The highest BCUT2D eigenvalue weighted by atomic mass is 16.2. The third-order valence-electron chi connectivity index (χ3n) is 3.47. The molecule has 104 valence electrons. The van der Waals surface area contributed by atoms with Crippen molar-refractivity contribution in [2.75, 3.05) is 0 Å². The maximum atomic E-state index is 12.0. The molecule has 1 N–H and O–H groups in total.